The molecule has 0 heterocycles. The van der Waals surface area contributed by atoms with Crippen molar-refractivity contribution in [3.05, 3.63) is 0 Å². The molecule has 0 bridgehead atoms. The predicted molar refractivity (Wildman–Crippen MR) is 50.1 cm³/mol. The first-order chi connectivity index (χ1) is 5.31. The molecule has 0 amide bonds. The maximum atomic E-state index is 5.33. The predicted octanol–water partition coefficient (Wildman–Crippen LogP) is 2.10. The molecule has 11 heavy (non-hydrogen) atoms. The van der Waals surface area contributed by atoms with Gasteiger partial charge in [0, 0.05) is 12.4 Å². The number of thiol groups is 1. The molecule has 1 atom stereocenters. The number of unbranched alkanes of at least 4 members (excludes halogenated alkanes) is 1. The summed E-state index contributed by atoms with van der Waals surface area (Å²) in [5, 5.41) is 0. The molecular formula is C8H18O2S. The van der Waals surface area contributed by atoms with Gasteiger partial charge in [-0.2, -0.15) is 12.6 Å². The van der Waals surface area contributed by atoms with Gasteiger partial charge in [-0.1, -0.05) is 13.3 Å². The van der Waals surface area contributed by atoms with Gasteiger partial charge in [0.1, 0.15) is 0 Å². The molecule has 3 heteroatoms. The lowest BCUT2D eigenvalue weighted by Gasteiger charge is -2.12. The second-order valence-corrected chi connectivity index (χ2v) is 2.83. The molecule has 0 saturated carbocycles. The van der Waals surface area contributed by atoms with Crippen LogP contribution >= 0.6 is 12.6 Å². The van der Waals surface area contributed by atoms with Crippen molar-refractivity contribution < 1.29 is 9.47 Å². The lowest BCUT2D eigenvalue weighted by molar-refractivity contribution is -0.126. The molecule has 0 rings (SSSR count). The molecule has 0 aromatic heterocycles. The van der Waals surface area contributed by atoms with Gasteiger partial charge in [-0.25, -0.2) is 0 Å². The molecule has 0 radical (unpaired) electrons. The zero-order valence-corrected chi connectivity index (χ0v) is 8.27. The molecule has 0 saturated heterocycles. The number of hydrogen-bond donors (Lipinski definition) is 1. The number of hydrogen-bond acceptors (Lipinski definition) is 3. The maximum absolute atomic E-state index is 5.33. The third-order valence-electron chi connectivity index (χ3n) is 1.29. The van der Waals surface area contributed by atoms with E-state index < -0.39 is 0 Å². The Morgan fingerprint density at radius 3 is 2.45 bits per heavy atom. The highest BCUT2D eigenvalue weighted by molar-refractivity contribution is 7.80. The Labute approximate surface area is 74.7 Å². The van der Waals surface area contributed by atoms with Crippen LogP contribution in [0.4, 0.5) is 0 Å². The zero-order chi connectivity index (χ0) is 8.53. The maximum Gasteiger partial charge on any atom is 0.154 e. The Morgan fingerprint density at radius 1 is 1.27 bits per heavy atom. The van der Waals surface area contributed by atoms with E-state index in [2.05, 4.69) is 19.6 Å². The molecule has 0 aliphatic heterocycles. The van der Waals surface area contributed by atoms with Crippen molar-refractivity contribution in [2.24, 2.45) is 0 Å². The molecule has 0 aromatic carbocycles. The van der Waals surface area contributed by atoms with Crippen molar-refractivity contribution in [3.63, 3.8) is 0 Å². The van der Waals surface area contributed by atoms with Crippen LogP contribution < -0.4 is 0 Å². The van der Waals surface area contributed by atoms with Gasteiger partial charge in [0.25, 0.3) is 0 Å². The SMILES string of the molecule is CCCCOC(C)OCCS. The first-order valence-electron chi connectivity index (χ1n) is 4.15. The monoisotopic (exact) mass is 178 g/mol. The molecular weight excluding hydrogens is 160 g/mol. The van der Waals surface area contributed by atoms with Gasteiger partial charge in [0.05, 0.1) is 6.61 Å². The summed E-state index contributed by atoms with van der Waals surface area (Å²) in [5.41, 5.74) is 0. The van der Waals surface area contributed by atoms with Gasteiger partial charge in [-0.15, -0.1) is 0 Å². The Kier molecular flexibility index (Phi) is 8.57. The van der Waals surface area contributed by atoms with Crippen LogP contribution in [-0.4, -0.2) is 25.3 Å². The van der Waals surface area contributed by atoms with E-state index in [4.69, 9.17) is 9.47 Å². The first kappa shape index (κ1) is 11.3. The standard InChI is InChI=1S/C8H18O2S/c1-3-4-5-9-8(2)10-6-7-11/h8,11H,3-7H2,1-2H3. The zero-order valence-electron chi connectivity index (χ0n) is 7.38. The molecule has 0 aromatic rings. The van der Waals surface area contributed by atoms with Crippen LogP contribution in [0, 0.1) is 0 Å². The normalized spacial score (nSPS) is 13.4. The Hall–Kier alpha value is 0.270. The third kappa shape index (κ3) is 8.17. The van der Waals surface area contributed by atoms with Crippen molar-refractivity contribution in [1.82, 2.24) is 0 Å². The fourth-order valence-corrected chi connectivity index (χ4v) is 0.766. The highest BCUT2D eigenvalue weighted by Gasteiger charge is 1.98. The van der Waals surface area contributed by atoms with E-state index in [0.29, 0.717) is 6.61 Å². The molecule has 2 nitrogen and oxygen atoms in total. The summed E-state index contributed by atoms with van der Waals surface area (Å²) in [6.07, 6.45) is 2.20. The van der Waals surface area contributed by atoms with Crippen LogP contribution in [0.15, 0.2) is 0 Å². The van der Waals surface area contributed by atoms with E-state index in [9.17, 15) is 0 Å². The van der Waals surface area contributed by atoms with Crippen molar-refractivity contribution in [2.45, 2.75) is 33.0 Å². The summed E-state index contributed by atoms with van der Waals surface area (Å²) >= 11 is 4.02. The van der Waals surface area contributed by atoms with E-state index in [-0.39, 0.29) is 6.29 Å². The van der Waals surface area contributed by atoms with Crippen molar-refractivity contribution in [2.75, 3.05) is 19.0 Å². The van der Waals surface area contributed by atoms with Gasteiger partial charge >= 0.3 is 0 Å². The van der Waals surface area contributed by atoms with Crippen LogP contribution in [-0.2, 0) is 9.47 Å². The fourth-order valence-electron chi connectivity index (χ4n) is 0.660. The second kappa shape index (κ2) is 8.37. The summed E-state index contributed by atoms with van der Waals surface area (Å²) in [7, 11) is 0. The topological polar surface area (TPSA) is 18.5 Å². The molecule has 1 unspecified atom stereocenters. The van der Waals surface area contributed by atoms with Gasteiger partial charge < -0.3 is 9.47 Å². The summed E-state index contributed by atoms with van der Waals surface area (Å²) < 4.78 is 10.6. The minimum Gasteiger partial charge on any atom is -0.353 e. The summed E-state index contributed by atoms with van der Waals surface area (Å²) in [4.78, 5) is 0. The average molecular weight is 178 g/mol. The fraction of sp³-hybridized carbons (Fsp3) is 1.00. The van der Waals surface area contributed by atoms with Gasteiger partial charge in [0.15, 0.2) is 6.29 Å². The van der Waals surface area contributed by atoms with E-state index >= 15 is 0 Å². The van der Waals surface area contributed by atoms with Crippen LogP contribution in [0.5, 0.6) is 0 Å². The van der Waals surface area contributed by atoms with Gasteiger partial charge in [-0.05, 0) is 13.3 Å². The highest BCUT2D eigenvalue weighted by atomic mass is 32.1. The lowest BCUT2D eigenvalue weighted by atomic mass is 10.4. The molecule has 0 aliphatic rings. The summed E-state index contributed by atoms with van der Waals surface area (Å²) in [6, 6.07) is 0. The van der Waals surface area contributed by atoms with E-state index in [1.165, 1.54) is 6.42 Å². The number of rotatable bonds is 7. The first-order valence-corrected chi connectivity index (χ1v) is 4.78. The smallest absolute Gasteiger partial charge is 0.154 e. The van der Waals surface area contributed by atoms with E-state index in [1.54, 1.807) is 0 Å². The lowest BCUT2D eigenvalue weighted by Crippen LogP contribution is -2.14. The quantitative estimate of drug-likeness (QED) is 0.365. The van der Waals surface area contributed by atoms with E-state index in [0.717, 1.165) is 18.8 Å². The van der Waals surface area contributed by atoms with Crippen LogP contribution in [0.3, 0.4) is 0 Å². The van der Waals surface area contributed by atoms with E-state index in [1.807, 2.05) is 6.92 Å². The Balaban J connectivity index is 3.02. The Bertz CT molecular complexity index is 78.5. The van der Waals surface area contributed by atoms with Gasteiger partial charge in [0.2, 0.25) is 0 Å². The van der Waals surface area contributed by atoms with Gasteiger partial charge in [-0.3, -0.25) is 0 Å². The molecule has 0 spiro atoms. The van der Waals surface area contributed by atoms with Crippen LogP contribution in [0.1, 0.15) is 26.7 Å². The molecule has 0 N–H and O–H groups in total. The van der Waals surface area contributed by atoms with Crippen molar-refractivity contribution >= 4 is 12.6 Å². The molecule has 0 aliphatic carbocycles. The highest BCUT2D eigenvalue weighted by Crippen LogP contribution is 1.96. The van der Waals surface area contributed by atoms with Crippen molar-refractivity contribution in [1.29, 1.82) is 0 Å². The average Bonchev–Trinajstić information content (AvgIpc) is 2.01. The minimum atomic E-state index is -0.0753. The molecule has 0 fully saturated rings. The largest absolute Gasteiger partial charge is 0.353 e. The minimum absolute atomic E-state index is 0.0753. The summed E-state index contributed by atoms with van der Waals surface area (Å²) in [6.45, 7) is 5.52. The second-order valence-electron chi connectivity index (χ2n) is 2.39. The summed E-state index contributed by atoms with van der Waals surface area (Å²) in [5.74, 6) is 0.751. The van der Waals surface area contributed by atoms with Crippen LogP contribution in [0.2, 0.25) is 0 Å². The third-order valence-corrected chi connectivity index (χ3v) is 1.48. The number of ether oxygens (including phenoxy) is 2. The Morgan fingerprint density at radius 2 is 1.91 bits per heavy atom. The van der Waals surface area contributed by atoms with Crippen molar-refractivity contribution in [3.8, 4) is 0 Å². The molecule has 68 valence electrons. The van der Waals surface area contributed by atoms with Crippen LogP contribution in [0.25, 0.3) is 0 Å².